The van der Waals surface area contributed by atoms with Crippen LogP contribution < -0.4 is 16.0 Å². The standard InChI is InChI=1S/C24H27N3O3/c1-14-6-4-9-19-17(10-15(2)21(14)19)12-20(28)25-13-16-7-5-8-18(11-16)24(3)22(29)26-23(30)27-24/h4-9,11,15,17H,10,12-13H2,1-3H3,(H,25,28)(H2,26,27,29,30). The van der Waals surface area contributed by atoms with Crippen molar-refractivity contribution in [1.29, 1.82) is 0 Å². The molecule has 0 aromatic heterocycles. The van der Waals surface area contributed by atoms with E-state index < -0.39 is 11.6 Å². The zero-order valence-corrected chi connectivity index (χ0v) is 17.5. The second-order valence-corrected chi connectivity index (χ2v) is 8.63. The highest BCUT2D eigenvalue weighted by Crippen LogP contribution is 2.44. The predicted molar refractivity (Wildman–Crippen MR) is 114 cm³/mol. The summed E-state index contributed by atoms with van der Waals surface area (Å²) < 4.78 is 0. The number of fused-ring (bicyclic) bond motifs is 1. The fourth-order valence-electron chi connectivity index (χ4n) is 4.83. The molecule has 1 aliphatic heterocycles. The molecule has 1 fully saturated rings. The lowest BCUT2D eigenvalue weighted by Crippen LogP contribution is -2.40. The molecule has 1 heterocycles. The number of aryl methyl sites for hydroxylation is 1. The minimum Gasteiger partial charge on any atom is -0.352 e. The van der Waals surface area contributed by atoms with Crippen LogP contribution in [-0.2, 0) is 21.7 Å². The predicted octanol–water partition coefficient (Wildman–Crippen LogP) is 3.35. The van der Waals surface area contributed by atoms with Crippen molar-refractivity contribution in [2.24, 2.45) is 0 Å². The summed E-state index contributed by atoms with van der Waals surface area (Å²) in [6.45, 7) is 6.42. The van der Waals surface area contributed by atoms with Gasteiger partial charge >= 0.3 is 6.03 Å². The Morgan fingerprint density at radius 2 is 1.97 bits per heavy atom. The Bertz CT molecular complexity index is 1030. The molecule has 4 amide bonds. The summed E-state index contributed by atoms with van der Waals surface area (Å²) in [5.74, 6) is 0.366. The van der Waals surface area contributed by atoms with Crippen molar-refractivity contribution in [3.05, 3.63) is 70.3 Å². The van der Waals surface area contributed by atoms with E-state index in [2.05, 4.69) is 48.0 Å². The minimum absolute atomic E-state index is 0.0186. The molecule has 30 heavy (non-hydrogen) atoms. The van der Waals surface area contributed by atoms with E-state index in [0.717, 1.165) is 12.0 Å². The van der Waals surface area contributed by atoms with Gasteiger partial charge in [0.2, 0.25) is 5.91 Å². The lowest BCUT2D eigenvalue weighted by molar-refractivity contribution is -0.124. The highest BCUT2D eigenvalue weighted by Gasteiger charge is 2.43. The number of amides is 4. The van der Waals surface area contributed by atoms with E-state index in [1.165, 1.54) is 16.7 Å². The first-order valence-corrected chi connectivity index (χ1v) is 10.4. The van der Waals surface area contributed by atoms with E-state index >= 15 is 0 Å². The van der Waals surface area contributed by atoms with Crippen molar-refractivity contribution >= 4 is 17.8 Å². The van der Waals surface area contributed by atoms with E-state index in [9.17, 15) is 14.4 Å². The Hall–Kier alpha value is -3.15. The van der Waals surface area contributed by atoms with Crippen LogP contribution in [0.4, 0.5) is 4.79 Å². The lowest BCUT2D eigenvalue weighted by atomic mass is 9.91. The van der Waals surface area contributed by atoms with Crippen molar-refractivity contribution in [1.82, 2.24) is 16.0 Å². The van der Waals surface area contributed by atoms with E-state index in [1.807, 2.05) is 18.2 Å². The zero-order chi connectivity index (χ0) is 21.5. The highest BCUT2D eigenvalue weighted by molar-refractivity contribution is 6.07. The Morgan fingerprint density at radius 1 is 1.20 bits per heavy atom. The summed E-state index contributed by atoms with van der Waals surface area (Å²) in [5, 5.41) is 7.95. The third-order valence-electron chi connectivity index (χ3n) is 6.40. The third-order valence-corrected chi connectivity index (χ3v) is 6.40. The number of imide groups is 1. The minimum atomic E-state index is -1.10. The molecule has 3 unspecified atom stereocenters. The zero-order valence-electron chi connectivity index (χ0n) is 17.5. The Labute approximate surface area is 176 Å². The topological polar surface area (TPSA) is 87.3 Å². The van der Waals surface area contributed by atoms with Crippen LogP contribution in [0.3, 0.4) is 0 Å². The van der Waals surface area contributed by atoms with Crippen LogP contribution in [0, 0.1) is 6.92 Å². The van der Waals surface area contributed by atoms with Gasteiger partial charge in [0.05, 0.1) is 0 Å². The second-order valence-electron chi connectivity index (χ2n) is 8.63. The van der Waals surface area contributed by atoms with Crippen LogP contribution in [0.25, 0.3) is 0 Å². The van der Waals surface area contributed by atoms with Crippen LogP contribution in [0.2, 0.25) is 0 Å². The van der Waals surface area contributed by atoms with Gasteiger partial charge in [0.1, 0.15) is 5.54 Å². The van der Waals surface area contributed by atoms with Gasteiger partial charge in [0.25, 0.3) is 5.91 Å². The van der Waals surface area contributed by atoms with Crippen molar-refractivity contribution in [2.45, 2.75) is 57.5 Å². The fraction of sp³-hybridized carbons (Fsp3) is 0.375. The molecule has 6 heteroatoms. The van der Waals surface area contributed by atoms with Crippen molar-refractivity contribution in [3.8, 4) is 0 Å². The molecule has 156 valence electrons. The van der Waals surface area contributed by atoms with Gasteiger partial charge in [-0.15, -0.1) is 0 Å². The van der Waals surface area contributed by atoms with Crippen molar-refractivity contribution in [2.75, 3.05) is 0 Å². The number of rotatable bonds is 5. The monoisotopic (exact) mass is 405 g/mol. The van der Waals surface area contributed by atoms with Gasteiger partial charge in [-0.25, -0.2) is 4.79 Å². The summed E-state index contributed by atoms with van der Waals surface area (Å²) >= 11 is 0. The number of urea groups is 1. The maximum atomic E-state index is 12.6. The van der Waals surface area contributed by atoms with Gasteiger partial charge in [0, 0.05) is 13.0 Å². The Kier molecular flexibility index (Phi) is 5.10. The van der Waals surface area contributed by atoms with Gasteiger partial charge in [-0.3, -0.25) is 14.9 Å². The fourth-order valence-corrected chi connectivity index (χ4v) is 4.83. The first-order chi connectivity index (χ1) is 14.3. The quantitative estimate of drug-likeness (QED) is 0.667. The van der Waals surface area contributed by atoms with E-state index in [4.69, 9.17) is 0 Å². The number of carbonyl (C=O) groups is 3. The van der Waals surface area contributed by atoms with Crippen molar-refractivity contribution in [3.63, 3.8) is 0 Å². The first kappa shape index (κ1) is 20.1. The van der Waals surface area contributed by atoms with Crippen LogP contribution in [-0.4, -0.2) is 17.8 Å². The normalized spacial score (nSPS) is 24.9. The molecule has 0 spiro atoms. The Morgan fingerprint density at radius 3 is 2.70 bits per heavy atom. The Balaban J connectivity index is 1.41. The van der Waals surface area contributed by atoms with Crippen LogP contribution in [0.15, 0.2) is 42.5 Å². The molecule has 0 radical (unpaired) electrons. The molecule has 4 rings (SSSR count). The van der Waals surface area contributed by atoms with Gasteiger partial charge in [-0.2, -0.15) is 0 Å². The molecule has 2 aromatic rings. The van der Waals surface area contributed by atoms with Gasteiger partial charge in [-0.1, -0.05) is 49.4 Å². The number of hydrogen-bond donors (Lipinski definition) is 3. The van der Waals surface area contributed by atoms with E-state index in [0.29, 0.717) is 24.4 Å². The molecular formula is C24H27N3O3. The summed E-state index contributed by atoms with van der Waals surface area (Å²) in [6, 6.07) is 13.2. The SMILES string of the molecule is Cc1cccc2c1C(C)CC2CC(=O)NCc1cccc(C2(C)NC(=O)NC2=O)c1. The van der Waals surface area contributed by atoms with Gasteiger partial charge in [0.15, 0.2) is 0 Å². The molecule has 1 saturated heterocycles. The van der Waals surface area contributed by atoms with Crippen LogP contribution in [0.1, 0.15) is 66.3 Å². The molecule has 3 atom stereocenters. The first-order valence-electron chi connectivity index (χ1n) is 10.4. The van der Waals surface area contributed by atoms with Crippen molar-refractivity contribution < 1.29 is 14.4 Å². The van der Waals surface area contributed by atoms with Crippen LogP contribution >= 0.6 is 0 Å². The van der Waals surface area contributed by atoms with E-state index in [1.54, 1.807) is 13.0 Å². The molecule has 3 N–H and O–H groups in total. The average Bonchev–Trinajstić information content (AvgIpc) is 3.16. The van der Waals surface area contributed by atoms with Crippen LogP contribution in [0.5, 0.6) is 0 Å². The average molecular weight is 405 g/mol. The second kappa shape index (κ2) is 7.59. The summed E-state index contributed by atoms with van der Waals surface area (Å²) in [4.78, 5) is 36.3. The molecule has 2 aromatic carbocycles. The highest BCUT2D eigenvalue weighted by atomic mass is 16.2. The lowest BCUT2D eigenvalue weighted by Gasteiger charge is -2.21. The molecule has 2 aliphatic rings. The number of carbonyl (C=O) groups excluding carboxylic acids is 3. The maximum Gasteiger partial charge on any atom is 0.322 e. The summed E-state index contributed by atoms with van der Waals surface area (Å²) in [6.07, 6.45) is 1.47. The number of nitrogens with one attached hydrogen (secondary N) is 3. The molecule has 0 bridgehead atoms. The van der Waals surface area contributed by atoms with E-state index in [-0.39, 0.29) is 17.7 Å². The smallest absolute Gasteiger partial charge is 0.322 e. The number of benzene rings is 2. The van der Waals surface area contributed by atoms with Gasteiger partial charge < -0.3 is 10.6 Å². The van der Waals surface area contributed by atoms with Gasteiger partial charge in [-0.05, 0) is 59.9 Å². The largest absolute Gasteiger partial charge is 0.352 e. The molecular weight excluding hydrogens is 378 g/mol. The maximum absolute atomic E-state index is 12.6. The molecule has 1 aliphatic carbocycles. The molecule has 0 saturated carbocycles. The summed E-state index contributed by atoms with van der Waals surface area (Å²) in [5.41, 5.74) is 4.47. The summed E-state index contributed by atoms with van der Waals surface area (Å²) in [7, 11) is 0. The number of hydrogen-bond acceptors (Lipinski definition) is 3. The molecule has 6 nitrogen and oxygen atoms in total. The third kappa shape index (κ3) is 3.58.